The fourth-order valence-electron chi connectivity index (χ4n) is 4.31. The highest BCUT2D eigenvalue weighted by molar-refractivity contribution is 9.10. The number of hydrazone groups is 1. The van der Waals surface area contributed by atoms with Gasteiger partial charge in [0.2, 0.25) is 0 Å². The third kappa shape index (κ3) is 2.98. The summed E-state index contributed by atoms with van der Waals surface area (Å²) in [5.41, 5.74) is 0.709. The van der Waals surface area contributed by atoms with Crippen molar-refractivity contribution in [3.63, 3.8) is 0 Å². The van der Waals surface area contributed by atoms with Crippen LogP contribution < -0.4 is 9.47 Å². The largest absolute Gasteiger partial charge is 0.490 e. The Kier molecular flexibility index (Phi) is 4.80. The van der Waals surface area contributed by atoms with Crippen LogP contribution in [0, 0.1) is 23.7 Å². The molecule has 4 rings (SSSR count). The molecule has 142 valence electrons. The van der Waals surface area contributed by atoms with E-state index in [1.165, 1.54) is 6.21 Å². The van der Waals surface area contributed by atoms with E-state index in [0.29, 0.717) is 30.3 Å². The number of halogens is 1. The fourth-order valence-corrected chi connectivity index (χ4v) is 4.73. The number of hydrogen-bond acceptors (Lipinski definition) is 5. The van der Waals surface area contributed by atoms with Crippen molar-refractivity contribution >= 4 is 34.0 Å². The van der Waals surface area contributed by atoms with Crippen molar-refractivity contribution in [1.82, 2.24) is 5.01 Å². The summed E-state index contributed by atoms with van der Waals surface area (Å²) in [5.74, 6) is 0.725. The van der Waals surface area contributed by atoms with E-state index in [9.17, 15) is 9.59 Å². The van der Waals surface area contributed by atoms with Crippen molar-refractivity contribution in [1.29, 1.82) is 0 Å². The maximum Gasteiger partial charge on any atom is 0.254 e. The quantitative estimate of drug-likeness (QED) is 0.392. The lowest BCUT2D eigenvalue weighted by atomic mass is 9.85. The van der Waals surface area contributed by atoms with Crippen LogP contribution in [0.2, 0.25) is 0 Å². The van der Waals surface area contributed by atoms with Gasteiger partial charge in [-0.25, -0.2) is 0 Å². The number of allylic oxidation sites excluding steroid dienone is 2. The molecule has 1 aromatic rings. The predicted octanol–water partition coefficient (Wildman–Crippen LogP) is 3.39. The summed E-state index contributed by atoms with van der Waals surface area (Å²) >= 11 is 3.49. The lowest BCUT2D eigenvalue weighted by Gasteiger charge is -2.14. The monoisotopic (exact) mass is 432 g/mol. The van der Waals surface area contributed by atoms with Gasteiger partial charge in [0.1, 0.15) is 0 Å². The number of benzene rings is 1. The number of fused-ring (bicyclic) bond motifs is 5. The smallest absolute Gasteiger partial charge is 0.254 e. The van der Waals surface area contributed by atoms with Gasteiger partial charge in [0.15, 0.2) is 11.5 Å². The van der Waals surface area contributed by atoms with Gasteiger partial charge in [-0.05, 0) is 60.2 Å². The Labute approximate surface area is 166 Å². The van der Waals surface area contributed by atoms with Crippen molar-refractivity contribution in [2.24, 2.45) is 28.8 Å². The Morgan fingerprint density at radius 2 is 1.63 bits per heavy atom. The number of ether oxygens (including phenoxy) is 2. The maximum atomic E-state index is 12.7. The molecule has 2 fully saturated rings. The second-order valence-corrected chi connectivity index (χ2v) is 7.77. The van der Waals surface area contributed by atoms with Crippen LogP contribution in [0.1, 0.15) is 25.8 Å². The van der Waals surface area contributed by atoms with Gasteiger partial charge in [0.25, 0.3) is 11.8 Å². The lowest BCUT2D eigenvalue weighted by Crippen LogP contribution is -2.28. The Hall–Kier alpha value is -2.15. The number of amides is 2. The summed E-state index contributed by atoms with van der Waals surface area (Å²) in [6.07, 6.45) is 6.57. The van der Waals surface area contributed by atoms with E-state index in [1.807, 2.05) is 19.9 Å². The SMILES string of the molecule is CCOc1cc(Br)c(C=NN2C(=O)C3C4C=CC(C4)C3C2=O)cc1OCC. The first-order valence-corrected chi connectivity index (χ1v) is 10.0. The van der Waals surface area contributed by atoms with Gasteiger partial charge in [-0.2, -0.15) is 10.1 Å². The Bertz CT molecular complexity index is 821. The summed E-state index contributed by atoms with van der Waals surface area (Å²) in [5, 5.41) is 5.27. The molecule has 0 N–H and O–H groups in total. The van der Waals surface area contributed by atoms with E-state index < -0.39 is 0 Å². The first kappa shape index (κ1) is 18.2. The van der Waals surface area contributed by atoms with Crippen molar-refractivity contribution in [2.45, 2.75) is 20.3 Å². The van der Waals surface area contributed by atoms with Gasteiger partial charge in [0, 0.05) is 10.0 Å². The van der Waals surface area contributed by atoms with Gasteiger partial charge < -0.3 is 9.47 Å². The molecule has 1 saturated heterocycles. The second-order valence-electron chi connectivity index (χ2n) is 6.92. The normalized spacial score (nSPS) is 28.5. The predicted molar refractivity (Wildman–Crippen MR) is 104 cm³/mol. The lowest BCUT2D eigenvalue weighted by molar-refractivity contribution is -0.140. The van der Waals surface area contributed by atoms with Gasteiger partial charge >= 0.3 is 0 Å². The molecular formula is C20H21BrN2O4. The van der Waals surface area contributed by atoms with Gasteiger partial charge in [-0.1, -0.05) is 12.2 Å². The zero-order valence-corrected chi connectivity index (χ0v) is 16.8. The van der Waals surface area contributed by atoms with Crippen LogP contribution in [0.15, 0.2) is 33.9 Å². The van der Waals surface area contributed by atoms with Crippen molar-refractivity contribution in [3.8, 4) is 11.5 Å². The number of rotatable bonds is 6. The molecule has 0 spiro atoms. The van der Waals surface area contributed by atoms with Crippen molar-refractivity contribution in [2.75, 3.05) is 13.2 Å². The van der Waals surface area contributed by atoms with Crippen LogP contribution in [-0.2, 0) is 9.59 Å². The summed E-state index contributed by atoms with van der Waals surface area (Å²) in [7, 11) is 0. The molecule has 0 aromatic heterocycles. The molecule has 4 atom stereocenters. The van der Waals surface area contributed by atoms with Crippen LogP contribution >= 0.6 is 15.9 Å². The molecule has 2 bridgehead atoms. The minimum atomic E-state index is -0.243. The zero-order chi connectivity index (χ0) is 19.1. The molecule has 4 unspecified atom stereocenters. The molecule has 2 aliphatic carbocycles. The van der Waals surface area contributed by atoms with Gasteiger partial charge in [-0.15, -0.1) is 0 Å². The summed E-state index contributed by atoms with van der Waals surface area (Å²) in [4.78, 5) is 25.4. The molecule has 2 amide bonds. The molecule has 0 radical (unpaired) electrons. The first-order chi connectivity index (χ1) is 13.0. The highest BCUT2D eigenvalue weighted by atomic mass is 79.9. The van der Waals surface area contributed by atoms with Gasteiger partial charge in [0.05, 0.1) is 31.3 Å². The number of hydrogen-bond donors (Lipinski definition) is 0. The second kappa shape index (κ2) is 7.11. The van der Waals surface area contributed by atoms with E-state index in [1.54, 1.807) is 6.07 Å². The highest BCUT2D eigenvalue weighted by Gasteiger charge is 2.59. The molecule has 6 nitrogen and oxygen atoms in total. The molecule has 1 saturated carbocycles. The third-order valence-corrected chi connectivity index (χ3v) is 6.11. The average Bonchev–Trinajstić information content (AvgIpc) is 3.32. The standard InChI is InChI=1S/C20H21BrN2O4/c1-3-26-15-8-13(14(21)9-16(15)27-4-2)10-22-23-19(24)17-11-5-6-12(7-11)18(17)20(23)25/h5-6,8-12,17-18H,3-4,7H2,1-2H3. The highest BCUT2D eigenvalue weighted by Crippen LogP contribution is 2.52. The van der Waals surface area contributed by atoms with E-state index in [2.05, 4.69) is 33.2 Å². The van der Waals surface area contributed by atoms with Crippen LogP contribution in [0.4, 0.5) is 0 Å². The van der Waals surface area contributed by atoms with E-state index >= 15 is 0 Å². The van der Waals surface area contributed by atoms with E-state index in [4.69, 9.17) is 9.47 Å². The minimum Gasteiger partial charge on any atom is -0.490 e. The third-order valence-electron chi connectivity index (χ3n) is 5.42. The van der Waals surface area contributed by atoms with Crippen LogP contribution in [-0.4, -0.2) is 36.3 Å². The topological polar surface area (TPSA) is 68.2 Å². The first-order valence-electron chi connectivity index (χ1n) is 9.24. The van der Waals surface area contributed by atoms with E-state index in [0.717, 1.165) is 15.9 Å². The van der Waals surface area contributed by atoms with Crippen molar-refractivity contribution in [3.05, 3.63) is 34.3 Å². The number of imide groups is 1. The van der Waals surface area contributed by atoms with Crippen LogP contribution in [0.5, 0.6) is 11.5 Å². The molecule has 7 heteroatoms. The maximum absolute atomic E-state index is 12.7. The number of carbonyl (C=O) groups excluding carboxylic acids is 2. The van der Waals surface area contributed by atoms with Crippen molar-refractivity contribution < 1.29 is 19.1 Å². The molecule has 3 aliphatic rings. The van der Waals surface area contributed by atoms with Crippen LogP contribution in [0.25, 0.3) is 0 Å². The average molecular weight is 433 g/mol. The molecular weight excluding hydrogens is 412 g/mol. The Morgan fingerprint density at radius 3 is 2.19 bits per heavy atom. The molecule has 27 heavy (non-hydrogen) atoms. The Morgan fingerprint density at radius 1 is 1.07 bits per heavy atom. The molecule has 1 heterocycles. The summed E-state index contributed by atoms with van der Waals surface area (Å²) < 4.78 is 12.0. The minimum absolute atomic E-state index is 0.179. The van der Waals surface area contributed by atoms with E-state index in [-0.39, 0.29) is 35.5 Å². The Balaban J connectivity index is 1.59. The van der Waals surface area contributed by atoms with Crippen LogP contribution in [0.3, 0.4) is 0 Å². The number of nitrogens with zero attached hydrogens (tertiary/aromatic N) is 2. The summed E-state index contributed by atoms with van der Waals surface area (Å²) in [6.45, 7) is 4.83. The van der Waals surface area contributed by atoms with Gasteiger partial charge in [-0.3, -0.25) is 9.59 Å². The molecule has 1 aromatic carbocycles. The number of carbonyl (C=O) groups is 2. The zero-order valence-electron chi connectivity index (χ0n) is 15.2. The fraction of sp³-hybridized carbons (Fsp3) is 0.450. The summed E-state index contributed by atoms with van der Waals surface area (Å²) in [6, 6.07) is 3.60. The molecule has 1 aliphatic heterocycles.